The van der Waals surface area contributed by atoms with Gasteiger partial charge in [0, 0.05) is 31.1 Å². The smallest absolute Gasteiger partial charge is 0.317 e. The number of hydrogen-bond acceptors (Lipinski definition) is 3. The van der Waals surface area contributed by atoms with Gasteiger partial charge in [-0.25, -0.2) is 4.79 Å². The molecule has 0 radical (unpaired) electrons. The number of nitrogens with zero attached hydrogens (tertiary/aromatic N) is 1. The Morgan fingerprint density at radius 2 is 2.12 bits per heavy atom. The van der Waals surface area contributed by atoms with Crippen LogP contribution < -0.4 is 10.1 Å². The van der Waals surface area contributed by atoms with Crippen molar-refractivity contribution in [2.24, 2.45) is 11.8 Å². The number of carbonyl (C=O) groups is 1. The Morgan fingerprint density at radius 3 is 2.83 bits per heavy atom. The molecule has 134 valence electrons. The van der Waals surface area contributed by atoms with Crippen molar-refractivity contribution >= 4 is 6.03 Å². The van der Waals surface area contributed by atoms with E-state index in [0.29, 0.717) is 25.6 Å². The molecule has 0 aliphatic carbocycles. The molecule has 2 rings (SSSR count). The number of para-hydroxylation sites is 1. The number of amides is 2. The van der Waals surface area contributed by atoms with Gasteiger partial charge in [-0.15, -0.1) is 0 Å². The molecule has 2 atom stereocenters. The maximum Gasteiger partial charge on any atom is 0.317 e. The summed E-state index contributed by atoms with van der Waals surface area (Å²) in [5, 5.41) is 12.7. The zero-order chi connectivity index (χ0) is 17.5. The molecule has 2 N–H and O–H groups in total. The summed E-state index contributed by atoms with van der Waals surface area (Å²) in [5.74, 6) is 1.46. The van der Waals surface area contributed by atoms with Gasteiger partial charge in [0.05, 0.1) is 12.7 Å². The summed E-state index contributed by atoms with van der Waals surface area (Å²) in [6, 6.07) is 7.74. The van der Waals surface area contributed by atoms with Crippen LogP contribution in [0.2, 0.25) is 0 Å². The second kappa shape index (κ2) is 8.92. The van der Waals surface area contributed by atoms with Crippen LogP contribution in [0, 0.1) is 11.8 Å². The lowest BCUT2D eigenvalue weighted by molar-refractivity contribution is 0.0738. The Hall–Kier alpha value is -1.75. The Bertz CT molecular complexity index is 531. The lowest BCUT2D eigenvalue weighted by Crippen LogP contribution is -2.47. The van der Waals surface area contributed by atoms with Crippen LogP contribution in [0.1, 0.15) is 39.2 Å². The van der Waals surface area contributed by atoms with E-state index < -0.39 is 0 Å². The van der Waals surface area contributed by atoms with E-state index in [1.54, 1.807) is 11.8 Å². The Labute approximate surface area is 145 Å². The first-order valence-electron chi connectivity index (χ1n) is 8.89. The van der Waals surface area contributed by atoms with Gasteiger partial charge >= 0.3 is 6.03 Å². The van der Waals surface area contributed by atoms with E-state index in [1.807, 2.05) is 24.3 Å². The van der Waals surface area contributed by atoms with Crippen LogP contribution in [0.25, 0.3) is 0 Å². The molecule has 0 aromatic heterocycles. The standard InChI is InChI=1S/C19H30N2O3/c1-14(2)13-24-18-9-5-4-7-16(18)11-20-19(23)21-10-6-8-17(12-21)15(3)22/h4-5,7,9,14-15,17,22H,6,8,10-13H2,1-3H3,(H,20,23). The minimum absolute atomic E-state index is 0.0704. The summed E-state index contributed by atoms with van der Waals surface area (Å²) < 4.78 is 5.83. The number of benzene rings is 1. The van der Waals surface area contributed by atoms with Crippen molar-refractivity contribution in [3.05, 3.63) is 29.8 Å². The van der Waals surface area contributed by atoms with Crippen molar-refractivity contribution < 1.29 is 14.6 Å². The van der Waals surface area contributed by atoms with Crippen molar-refractivity contribution in [2.75, 3.05) is 19.7 Å². The highest BCUT2D eigenvalue weighted by molar-refractivity contribution is 5.74. The third kappa shape index (κ3) is 5.41. The monoisotopic (exact) mass is 334 g/mol. The quantitative estimate of drug-likeness (QED) is 0.840. The lowest BCUT2D eigenvalue weighted by atomic mass is 9.94. The molecule has 1 heterocycles. The molecule has 1 fully saturated rings. The first-order valence-corrected chi connectivity index (χ1v) is 8.89. The number of aliphatic hydroxyl groups is 1. The molecule has 1 aromatic carbocycles. The number of nitrogens with one attached hydrogen (secondary N) is 1. The topological polar surface area (TPSA) is 61.8 Å². The maximum absolute atomic E-state index is 12.4. The summed E-state index contributed by atoms with van der Waals surface area (Å²) in [6.45, 7) is 8.50. The number of ether oxygens (including phenoxy) is 1. The fourth-order valence-electron chi connectivity index (χ4n) is 2.92. The van der Waals surface area contributed by atoms with Gasteiger partial charge in [0.1, 0.15) is 5.75 Å². The van der Waals surface area contributed by atoms with Gasteiger partial charge in [-0.1, -0.05) is 32.0 Å². The number of piperidine rings is 1. The van der Waals surface area contributed by atoms with Gasteiger partial charge in [0.15, 0.2) is 0 Å². The number of urea groups is 1. The molecular weight excluding hydrogens is 304 g/mol. The van der Waals surface area contributed by atoms with Crippen LogP contribution in [-0.4, -0.2) is 41.8 Å². The van der Waals surface area contributed by atoms with E-state index in [4.69, 9.17) is 4.74 Å². The first kappa shape index (κ1) is 18.6. The Balaban J connectivity index is 1.89. The van der Waals surface area contributed by atoms with Crippen LogP contribution in [0.5, 0.6) is 5.75 Å². The van der Waals surface area contributed by atoms with E-state index in [-0.39, 0.29) is 18.1 Å². The number of carbonyl (C=O) groups excluding carboxylic acids is 1. The van der Waals surface area contributed by atoms with Crippen molar-refractivity contribution in [2.45, 2.75) is 46.3 Å². The van der Waals surface area contributed by atoms with Crippen molar-refractivity contribution in [3.63, 3.8) is 0 Å². The summed E-state index contributed by atoms with van der Waals surface area (Å²) in [5.41, 5.74) is 0.982. The minimum Gasteiger partial charge on any atom is -0.493 e. The van der Waals surface area contributed by atoms with Crippen molar-refractivity contribution in [1.82, 2.24) is 10.2 Å². The summed E-state index contributed by atoms with van der Waals surface area (Å²) in [4.78, 5) is 14.2. The zero-order valence-electron chi connectivity index (χ0n) is 15.0. The molecule has 2 amide bonds. The van der Waals surface area contributed by atoms with Gasteiger partial charge in [-0.3, -0.25) is 0 Å². The van der Waals surface area contributed by atoms with Crippen LogP contribution >= 0.6 is 0 Å². The largest absolute Gasteiger partial charge is 0.493 e. The van der Waals surface area contributed by atoms with E-state index in [0.717, 1.165) is 30.7 Å². The number of likely N-dealkylation sites (tertiary alicyclic amines) is 1. The van der Waals surface area contributed by atoms with Gasteiger partial charge in [0.25, 0.3) is 0 Å². The van der Waals surface area contributed by atoms with E-state index in [9.17, 15) is 9.90 Å². The summed E-state index contributed by atoms with van der Waals surface area (Å²) >= 11 is 0. The molecule has 0 spiro atoms. The fourth-order valence-corrected chi connectivity index (χ4v) is 2.92. The molecule has 0 bridgehead atoms. The van der Waals surface area contributed by atoms with Crippen LogP contribution in [-0.2, 0) is 6.54 Å². The minimum atomic E-state index is -0.370. The third-order valence-electron chi connectivity index (χ3n) is 4.40. The van der Waals surface area contributed by atoms with Gasteiger partial charge < -0.3 is 20.1 Å². The molecular formula is C19H30N2O3. The van der Waals surface area contributed by atoms with Gasteiger partial charge in [-0.05, 0) is 31.7 Å². The highest BCUT2D eigenvalue weighted by Crippen LogP contribution is 2.21. The number of hydrogen-bond donors (Lipinski definition) is 2. The maximum atomic E-state index is 12.4. The Kier molecular flexibility index (Phi) is 6.91. The van der Waals surface area contributed by atoms with Crippen molar-refractivity contribution in [3.8, 4) is 5.75 Å². The van der Waals surface area contributed by atoms with Crippen LogP contribution in [0.15, 0.2) is 24.3 Å². The Morgan fingerprint density at radius 1 is 1.38 bits per heavy atom. The molecule has 1 aliphatic heterocycles. The van der Waals surface area contributed by atoms with E-state index in [2.05, 4.69) is 19.2 Å². The lowest BCUT2D eigenvalue weighted by Gasteiger charge is -2.34. The van der Waals surface area contributed by atoms with E-state index >= 15 is 0 Å². The highest BCUT2D eigenvalue weighted by atomic mass is 16.5. The van der Waals surface area contributed by atoms with Crippen LogP contribution in [0.3, 0.4) is 0 Å². The third-order valence-corrected chi connectivity index (χ3v) is 4.40. The molecule has 1 saturated heterocycles. The highest BCUT2D eigenvalue weighted by Gasteiger charge is 2.26. The van der Waals surface area contributed by atoms with Crippen molar-refractivity contribution in [1.29, 1.82) is 0 Å². The summed E-state index contributed by atoms with van der Waals surface area (Å²) in [7, 11) is 0. The molecule has 5 nitrogen and oxygen atoms in total. The summed E-state index contributed by atoms with van der Waals surface area (Å²) in [6.07, 6.45) is 1.55. The second-order valence-corrected chi connectivity index (χ2v) is 7.06. The number of aliphatic hydroxyl groups excluding tert-OH is 1. The number of rotatable bonds is 6. The first-order chi connectivity index (χ1) is 11.5. The van der Waals surface area contributed by atoms with Gasteiger partial charge in [-0.2, -0.15) is 0 Å². The molecule has 0 saturated carbocycles. The average Bonchev–Trinajstić information content (AvgIpc) is 2.58. The second-order valence-electron chi connectivity index (χ2n) is 7.06. The normalized spacial score (nSPS) is 19.2. The fraction of sp³-hybridized carbons (Fsp3) is 0.632. The van der Waals surface area contributed by atoms with Crippen LogP contribution in [0.4, 0.5) is 4.79 Å². The SMILES string of the molecule is CC(C)COc1ccccc1CNC(=O)N1CCCC(C(C)O)C1. The average molecular weight is 334 g/mol. The predicted molar refractivity (Wildman–Crippen MR) is 95.0 cm³/mol. The molecule has 1 aliphatic rings. The van der Waals surface area contributed by atoms with E-state index in [1.165, 1.54) is 0 Å². The molecule has 2 unspecified atom stereocenters. The molecule has 24 heavy (non-hydrogen) atoms. The molecule has 5 heteroatoms. The zero-order valence-corrected chi connectivity index (χ0v) is 15.0. The van der Waals surface area contributed by atoms with Gasteiger partial charge in [0.2, 0.25) is 0 Å². The predicted octanol–water partition coefficient (Wildman–Crippen LogP) is 3.02. The molecule has 1 aromatic rings.